The van der Waals surface area contributed by atoms with Crippen LogP contribution in [-0.4, -0.2) is 9.55 Å². The van der Waals surface area contributed by atoms with Crippen molar-refractivity contribution < 1.29 is 4.39 Å². The highest BCUT2D eigenvalue weighted by molar-refractivity contribution is 6.29. The predicted octanol–water partition coefficient (Wildman–Crippen LogP) is 5.94. The summed E-state index contributed by atoms with van der Waals surface area (Å²) in [7, 11) is 0. The molecule has 1 heterocycles. The van der Waals surface area contributed by atoms with Crippen LogP contribution in [0.15, 0.2) is 6.33 Å². The van der Waals surface area contributed by atoms with E-state index >= 15 is 0 Å². The second-order valence-corrected chi connectivity index (χ2v) is 6.32. The molecule has 0 radical (unpaired) electrons. The fourth-order valence-corrected chi connectivity index (χ4v) is 3.02. The Balaban J connectivity index is 2.68. The van der Waals surface area contributed by atoms with E-state index < -0.39 is 5.95 Å². The smallest absolute Gasteiger partial charge is 0.250 e. The Labute approximate surface area is 127 Å². The maximum absolute atomic E-state index is 13.4. The van der Waals surface area contributed by atoms with E-state index in [4.69, 9.17) is 11.6 Å². The van der Waals surface area contributed by atoms with Gasteiger partial charge in [-0.15, -0.1) is 0 Å². The van der Waals surface area contributed by atoms with Gasteiger partial charge in [0.15, 0.2) is 5.15 Å². The van der Waals surface area contributed by atoms with Crippen molar-refractivity contribution in [2.24, 2.45) is 0 Å². The van der Waals surface area contributed by atoms with Crippen molar-refractivity contribution in [3.8, 4) is 0 Å². The van der Waals surface area contributed by atoms with E-state index in [-0.39, 0.29) is 10.7 Å². The Kier molecular flexibility index (Phi) is 7.57. The average Bonchev–Trinajstić information content (AvgIpc) is 2.77. The lowest BCUT2D eigenvalue weighted by molar-refractivity contribution is 0.252. The quantitative estimate of drug-likeness (QED) is 0.489. The summed E-state index contributed by atoms with van der Waals surface area (Å²) >= 11 is 6.06. The van der Waals surface area contributed by atoms with Gasteiger partial charge < -0.3 is 4.57 Å². The molecule has 4 heteroatoms. The zero-order valence-corrected chi connectivity index (χ0v) is 13.8. The standard InChI is InChI=1S/C16H28ClFN2/c1-4-6-8-9-10-12-16(3,11-7-5-2)20-13-19-15(18)14(20)17/h13H,4-12H2,1-3H3. The van der Waals surface area contributed by atoms with Gasteiger partial charge in [-0.2, -0.15) is 4.39 Å². The summed E-state index contributed by atoms with van der Waals surface area (Å²) in [6.45, 7) is 6.58. The molecular weight excluding hydrogens is 275 g/mol. The summed E-state index contributed by atoms with van der Waals surface area (Å²) in [5.74, 6) is -0.555. The van der Waals surface area contributed by atoms with Crippen LogP contribution in [0.4, 0.5) is 4.39 Å². The molecule has 0 aliphatic rings. The van der Waals surface area contributed by atoms with E-state index in [0.29, 0.717) is 0 Å². The number of halogens is 2. The molecule has 1 rings (SSSR count). The largest absolute Gasteiger partial charge is 0.313 e. The van der Waals surface area contributed by atoms with Crippen LogP contribution in [0, 0.1) is 5.95 Å². The van der Waals surface area contributed by atoms with Crippen molar-refractivity contribution in [1.82, 2.24) is 9.55 Å². The highest BCUT2D eigenvalue weighted by Gasteiger charge is 2.28. The lowest BCUT2D eigenvalue weighted by Gasteiger charge is -2.32. The summed E-state index contributed by atoms with van der Waals surface area (Å²) in [6, 6.07) is 0. The Morgan fingerprint density at radius 1 is 1.10 bits per heavy atom. The van der Waals surface area contributed by atoms with E-state index in [1.165, 1.54) is 25.7 Å². The zero-order chi connectivity index (χ0) is 15.0. The summed E-state index contributed by atoms with van der Waals surface area (Å²) in [5.41, 5.74) is -0.114. The molecule has 0 saturated carbocycles. The third kappa shape index (κ3) is 4.76. The van der Waals surface area contributed by atoms with Crippen LogP contribution in [-0.2, 0) is 5.54 Å². The van der Waals surface area contributed by atoms with Crippen molar-refractivity contribution in [1.29, 1.82) is 0 Å². The first kappa shape index (κ1) is 17.5. The Bertz CT molecular complexity index is 392. The van der Waals surface area contributed by atoms with E-state index in [0.717, 1.165) is 32.1 Å². The maximum Gasteiger partial charge on any atom is 0.250 e. The van der Waals surface area contributed by atoms with Crippen molar-refractivity contribution in [2.45, 2.75) is 84.1 Å². The van der Waals surface area contributed by atoms with Crippen LogP contribution in [0.25, 0.3) is 0 Å². The molecule has 1 unspecified atom stereocenters. The molecule has 116 valence electrons. The topological polar surface area (TPSA) is 17.8 Å². The fraction of sp³-hybridized carbons (Fsp3) is 0.812. The third-order valence-corrected chi connectivity index (χ3v) is 4.48. The summed E-state index contributed by atoms with van der Waals surface area (Å²) in [6.07, 6.45) is 12.1. The molecule has 2 nitrogen and oxygen atoms in total. The first-order chi connectivity index (χ1) is 9.55. The minimum absolute atomic E-state index is 0.114. The number of hydrogen-bond donors (Lipinski definition) is 0. The van der Waals surface area contributed by atoms with Gasteiger partial charge in [-0.1, -0.05) is 70.4 Å². The molecule has 1 aromatic heterocycles. The molecule has 0 bridgehead atoms. The van der Waals surface area contributed by atoms with Gasteiger partial charge in [0.25, 0.3) is 0 Å². The first-order valence-electron chi connectivity index (χ1n) is 7.94. The number of hydrogen-bond acceptors (Lipinski definition) is 1. The van der Waals surface area contributed by atoms with Crippen molar-refractivity contribution in [2.75, 3.05) is 0 Å². The van der Waals surface area contributed by atoms with Gasteiger partial charge in [-0.25, -0.2) is 4.98 Å². The molecule has 0 aliphatic carbocycles. The molecule has 0 fully saturated rings. The second kappa shape index (κ2) is 8.66. The Morgan fingerprint density at radius 3 is 2.25 bits per heavy atom. The summed E-state index contributed by atoms with van der Waals surface area (Å²) in [4.78, 5) is 3.71. The van der Waals surface area contributed by atoms with E-state index in [1.54, 1.807) is 6.33 Å². The van der Waals surface area contributed by atoms with Crippen LogP contribution in [0.5, 0.6) is 0 Å². The van der Waals surface area contributed by atoms with E-state index in [1.807, 2.05) is 4.57 Å². The maximum atomic E-state index is 13.4. The van der Waals surface area contributed by atoms with Crippen molar-refractivity contribution in [3.63, 3.8) is 0 Å². The number of aromatic nitrogens is 2. The Morgan fingerprint density at radius 2 is 1.70 bits per heavy atom. The first-order valence-corrected chi connectivity index (χ1v) is 8.31. The van der Waals surface area contributed by atoms with Crippen LogP contribution >= 0.6 is 11.6 Å². The molecule has 1 aromatic rings. The number of imidazole rings is 1. The minimum atomic E-state index is -0.555. The second-order valence-electron chi connectivity index (χ2n) is 5.96. The monoisotopic (exact) mass is 302 g/mol. The van der Waals surface area contributed by atoms with E-state index in [2.05, 4.69) is 25.8 Å². The van der Waals surface area contributed by atoms with Gasteiger partial charge in [-0.3, -0.25) is 0 Å². The molecular formula is C16H28ClFN2. The zero-order valence-electron chi connectivity index (χ0n) is 13.1. The van der Waals surface area contributed by atoms with E-state index in [9.17, 15) is 4.39 Å². The number of nitrogens with zero attached hydrogens (tertiary/aromatic N) is 2. The number of rotatable bonds is 10. The lowest BCUT2D eigenvalue weighted by Crippen LogP contribution is -2.30. The normalized spacial score (nSPS) is 14.4. The van der Waals surface area contributed by atoms with Gasteiger partial charge in [0.05, 0.1) is 6.33 Å². The molecule has 0 amide bonds. The lowest BCUT2D eigenvalue weighted by atomic mass is 9.88. The molecule has 20 heavy (non-hydrogen) atoms. The van der Waals surface area contributed by atoms with Gasteiger partial charge in [0, 0.05) is 5.54 Å². The average molecular weight is 303 g/mol. The summed E-state index contributed by atoms with van der Waals surface area (Å²) in [5, 5.41) is 0.150. The molecule has 0 spiro atoms. The van der Waals surface area contributed by atoms with Gasteiger partial charge in [0.2, 0.25) is 5.95 Å². The molecule has 1 atom stereocenters. The van der Waals surface area contributed by atoms with Crippen LogP contribution in [0.1, 0.15) is 78.6 Å². The molecule has 0 N–H and O–H groups in total. The molecule has 0 aliphatic heterocycles. The predicted molar refractivity (Wildman–Crippen MR) is 83.7 cm³/mol. The van der Waals surface area contributed by atoms with Crippen molar-refractivity contribution in [3.05, 3.63) is 17.4 Å². The van der Waals surface area contributed by atoms with Crippen molar-refractivity contribution >= 4 is 11.6 Å². The van der Waals surface area contributed by atoms with Crippen LogP contribution < -0.4 is 0 Å². The highest BCUT2D eigenvalue weighted by Crippen LogP contribution is 2.33. The molecule has 0 aromatic carbocycles. The third-order valence-electron chi connectivity index (χ3n) is 4.14. The SMILES string of the molecule is CCCCCCCC(C)(CCCC)n1cnc(F)c1Cl. The van der Waals surface area contributed by atoms with Gasteiger partial charge in [-0.05, 0) is 19.8 Å². The number of unbranched alkanes of at least 4 members (excludes halogenated alkanes) is 5. The molecule has 0 saturated heterocycles. The van der Waals surface area contributed by atoms with Crippen LogP contribution in [0.2, 0.25) is 5.15 Å². The van der Waals surface area contributed by atoms with Gasteiger partial charge in [0.1, 0.15) is 0 Å². The van der Waals surface area contributed by atoms with Gasteiger partial charge >= 0.3 is 0 Å². The Hall–Kier alpha value is -0.570. The minimum Gasteiger partial charge on any atom is -0.313 e. The highest BCUT2D eigenvalue weighted by atomic mass is 35.5. The van der Waals surface area contributed by atoms with Crippen LogP contribution in [0.3, 0.4) is 0 Å². The fourth-order valence-electron chi connectivity index (χ4n) is 2.72. The summed E-state index contributed by atoms with van der Waals surface area (Å²) < 4.78 is 15.2.